The molecular weight excluding hydrogens is 384 g/mol. The Morgan fingerprint density at radius 2 is 2.07 bits per heavy atom. The van der Waals surface area contributed by atoms with Gasteiger partial charge in [-0.3, -0.25) is 14.3 Å². The topological polar surface area (TPSA) is 131 Å². The molecule has 2 aromatic rings. The third kappa shape index (κ3) is 4.27. The molecule has 10 heteroatoms. The number of primary amides is 1. The zero-order valence-electron chi connectivity index (χ0n) is 16.8. The van der Waals surface area contributed by atoms with Gasteiger partial charge in [0.1, 0.15) is 5.82 Å². The van der Waals surface area contributed by atoms with Crippen molar-refractivity contribution in [2.75, 3.05) is 23.7 Å². The molecule has 0 aromatic carbocycles. The van der Waals surface area contributed by atoms with E-state index in [0.29, 0.717) is 24.4 Å². The van der Waals surface area contributed by atoms with Crippen molar-refractivity contribution >= 4 is 29.3 Å². The van der Waals surface area contributed by atoms with Crippen LogP contribution < -0.4 is 16.4 Å². The number of anilines is 3. The summed E-state index contributed by atoms with van der Waals surface area (Å²) in [5.41, 5.74) is 6.45. The fourth-order valence-electron chi connectivity index (χ4n) is 3.71. The van der Waals surface area contributed by atoms with Crippen LogP contribution in [0.5, 0.6) is 0 Å². The minimum absolute atomic E-state index is 0.0559. The van der Waals surface area contributed by atoms with E-state index in [-0.39, 0.29) is 17.5 Å². The van der Waals surface area contributed by atoms with Gasteiger partial charge in [0.05, 0.1) is 23.5 Å². The highest BCUT2D eigenvalue weighted by Crippen LogP contribution is 2.26. The molecule has 158 valence electrons. The monoisotopic (exact) mass is 410 g/mol. The average Bonchev–Trinajstić information content (AvgIpc) is 3.18. The SMILES string of the molecule is C=CC(=O)N1CCC[C@@H](n2cc(Nc3ncc(C(N)=O)c(NC4CCC4)n3)cn2)C1. The number of piperidine rings is 1. The number of nitrogens with two attached hydrogens (primary N) is 1. The van der Waals surface area contributed by atoms with Gasteiger partial charge in [-0.1, -0.05) is 6.58 Å². The first-order valence-corrected chi connectivity index (χ1v) is 10.2. The Morgan fingerprint density at radius 3 is 2.77 bits per heavy atom. The number of aromatic nitrogens is 4. The summed E-state index contributed by atoms with van der Waals surface area (Å²) < 4.78 is 1.86. The van der Waals surface area contributed by atoms with E-state index >= 15 is 0 Å². The predicted octanol–water partition coefficient (Wildman–Crippen LogP) is 1.83. The molecule has 1 aliphatic heterocycles. The van der Waals surface area contributed by atoms with Crippen LogP contribution in [0, 0.1) is 0 Å². The van der Waals surface area contributed by atoms with Crippen LogP contribution in [-0.4, -0.2) is 55.6 Å². The summed E-state index contributed by atoms with van der Waals surface area (Å²) in [5.74, 6) is 0.184. The Morgan fingerprint density at radius 1 is 1.23 bits per heavy atom. The lowest BCUT2D eigenvalue weighted by Gasteiger charge is -2.32. The molecule has 1 saturated carbocycles. The lowest BCUT2D eigenvalue weighted by molar-refractivity contribution is -0.127. The number of hydrogen-bond acceptors (Lipinski definition) is 7. The molecule has 10 nitrogen and oxygen atoms in total. The Bertz CT molecular complexity index is 952. The molecule has 0 unspecified atom stereocenters. The normalized spacial score (nSPS) is 19.1. The summed E-state index contributed by atoms with van der Waals surface area (Å²) in [6.45, 7) is 4.91. The van der Waals surface area contributed by atoms with Gasteiger partial charge in [0, 0.05) is 31.5 Å². The van der Waals surface area contributed by atoms with Crippen molar-refractivity contribution in [1.29, 1.82) is 0 Å². The van der Waals surface area contributed by atoms with Crippen molar-refractivity contribution < 1.29 is 9.59 Å². The molecule has 2 fully saturated rings. The Kier molecular flexibility index (Phi) is 5.64. The number of nitrogens with one attached hydrogen (secondary N) is 2. The fraction of sp³-hybridized carbons (Fsp3) is 0.450. The lowest BCUT2D eigenvalue weighted by atomic mass is 9.93. The molecular formula is C20H26N8O2. The van der Waals surface area contributed by atoms with Crippen LogP contribution in [0.3, 0.4) is 0 Å². The quantitative estimate of drug-likeness (QED) is 0.593. The van der Waals surface area contributed by atoms with Crippen LogP contribution in [0.25, 0.3) is 0 Å². The second-order valence-electron chi connectivity index (χ2n) is 7.71. The lowest BCUT2D eigenvalue weighted by Crippen LogP contribution is -2.39. The summed E-state index contributed by atoms with van der Waals surface area (Å²) in [6.07, 6.45) is 11.5. The first-order chi connectivity index (χ1) is 14.5. The van der Waals surface area contributed by atoms with E-state index in [0.717, 1.165) is 44.3 Å². The molecule has 1 saturated heterocycles. The number of nitrogens with zero attached hydrogens (tertiary/aromatic N) is 5. The van der Waals surface area contributed by atoms with Crippen LogP contribution in [0.1, 0.15) is 48.5 Å². The first kappa shape index (κ1) is 19.9. The van der Waals surface area contributed by atoms with E-state index in [1.165, 1.54) is 12.3 Å². The minimum atomic E-state index is -0.563. The number of likely N-dealkylation sites (tertiary alicyclic amines) is 1. The highest BCUT2D eigenvalue weighted by Gasteiger charge is 2.24. The third-order valence-electron chi connectivity index (χ3n) is 5.61. The van der Waals surface area contributed by atoms with E-state index in [1.807, 2.05) is 10.9 Å². The van der Waals surface area contributed by atoms with Gasteiger partial charge in [0.15, 0.2) is 0 Å². The summed E-state index contributed by atoms with van der Waals surface area (Å²) in [5, 5.41) is 10.8. The van der Waals surface area contributed by atoms with Crippen molar-refractivity contribution in [2.24, 2.45) is 5.73 Å². The largest absolute Gasteiger partial charge is 0.367 e. The molecule has 0 bridgehead atoms. The molecule has 0 radical (unpaired) electrons. The standard InChI is InChI=1S/C20H26N8O2/c1-2-17(29)27-8-4-7-15(12-27)28-11-14(9-23-28)25-20-22-10-16(18(21)30)19(26-20)24-13-5-3-6-13/h2,9-11,13,15H,1,3-8,12H2,(H2,21,30)(H2,22,24,25,26)/t15-/m1/s1. The summed E-state index contributed by atoms with van der Waals surface area (Å²) in [6, 6.07) is 0.410. The van der Waals surface area contributed by atoms with Crippen LogP contribution in [0.2, 0.25) is 0 Å². The van der Waals surface area contributed by atoms with Gasteiger partial charge in [-0.15, -0.1) is 0 Å². The number of carbonyl (C=O) groups excluding carboxylic acids is 2. The number of hydrogen-bond donors (Lipinski definition) is 3. The van der Waals surface area contributed by atoms with E-state index in [2.05, 4.69) is 32.3 Å². The molecule has 4 rings (SSSR count). The zero-order valence-corrected chi connectivity index (χ0v) is 16.8. The van der Waals surface area contributed by atoms with Crippen LogP contribution in [-0.2, 0) is 4.79 Å². The Labute approximate surface area is 174 Å². The zero-order chi connectivity index (χ0) is 21.1. The van der Waals surface area contributed by atoms with Crippen LogP contribution in [0.15, 0.2) is 31.2 Å². The van der Waals surface area contributed by atoms with Gasteiger partial charge < -0.3 is 21.3 Å². The van der Waals surface area contributed by atoms with E-state index in [9.17, 15) is 9.59 Å². The predicted molar refractivity (Wildman–Crippen MR) is 112 cm³/mol. The van der Waals surface area contributed by atoms with Crippen molar-refractivity contribution in [1.82, 2.24) is 24.6 Å². The van der Waals surface area contributed by atoms with Gasteiger partial charge >= 0.3 is 0 Å². The maximum absolute atomic E-state index is 11.9. The van der Waals surface area contributed by atoms with E-state index in [1.54, 1.807) is 11.1 Å². The first-order valence-electron chi connectivity index (χ1n) is 10.2. The Hall–Kier alpha value is -3.43. The van der Waals surface area contributed by atoms with Crippen molar-refractivity contribution in [2.45, 2.75) is 44.2 Å². The smallest absolute Gasteiger partial charge is 0.254 e. The number of carbonyl (C=O) groups is 2. The molecule has 2 aromatic heterocycles. The van der Waals surface area contributed by atoms with Crippen LogP contribution >= 0.6 is 0 Å². The third-order valence-corrected chi connectivity index (χ3v) is 5.61. The van der Waals surface area contributed by atoms with Crippen LogP contribution in [0.4, 0.5) is 17.5 Å². The average molecular weight is 410 g/mol. The maximum atomic E-state index is 11.9. The summed E-state index contributed by atoms with van der Waals surface area (Å²) in [4.78, 5) is 34.0. The summed E-state index contributed by atoms with van der Waals surface area (Å²) in [7, 11) is 0. The second kappa shape index (κ2) is 8.52. The van der Waals surface area contributed by atoms with Crippen molar-refractivity contribution in [3.8, 4) is 0 Å². The van der Waals surface area contributed by atoms with Gasteiger partial charge in [-0.05, 0) is 38.2 Å². The molecule has 2 aliphatic rings. The molecule has 4 N–H and O–H groups in total. The van der Waals surface area contributed by atoms with Gasteiger partial charge in [-0.25, -0.2) is 4.98 Å². The Balaban J connectivity index is 1.46. The van der Waals surface area contributed by atoms with Crippen molar-refractivity contribution in [3.05, 3.63) is 36.8 Å². The molecule has 1 aliphatic carbocycles. The van der Waals surface area contributed by atoms with Crippen molar-refractivity contribution in [3.63, 3.8) is 0 Å². The minimum Gasteiger partial charge on any atom is -0.367 e. The van der Waals surface area contributed by atoms with E-state index in [4.69, 9.17) is 5.73 Å². The number of rotatable bonds is 7. The van der Waals surface area contributed by atoms with Gasteiger partial charge in [0.2, 0.25) is 11.9 Å². The molecule has 1 atom stereocenters. The van der Waals surface area contributed by atoms with Gasteiger partial charge in [0.25, 0.3) is 5.91 Å². The number of amides is 2. The van der Waals surface area contributed by atoms with Gasteiger partial charge in [-0.2, -0.15) is 10.1 Å². The molecule has 2 amide bonds. The van der Waals surface area contributed by atoms with E-state index < -0.39 is 5.91 Å². The summed E-state index contributed by atoms with van der Waals surface area (Å²) >= 11 is 0. The molecule has 30 heavy (non-hydrogen) atoms. The second-order valence-corrected chi connectivity index (χ2v) is 7.71. The maximum Gasteiger partial charge on any atom is 0.254 e. The molecule has 0 spiro atoms. The highest BCUT2D eigenvalue weighted by atomic mass is 16.2. The highest BCUT2D eigenvalue weighted by molar-refractivity contribution is 5.97. The fourth-order valence-corrected chi connectivity index (χ4v) is 3.71. The molecule has 3 heterocycles.